The number of urea groups is 1. The molecule has 0 spiro atoms. The quantitative estimate of drug-likeness (QED) is 0.0627. The summed E-state index contributed by atoms with van der Waals surface area (Å²) in [6, 6.07) is 19.2. The number of pyridine rings is 1. The highest BCUT2D eigenvalue weighted by Gasteiger charge is 2.41. The Kier molecular flexibility index (Phi) is 16.8. The van der Waals surface area contributed by atoms with E-state index in [9.17, 15) is 34.2 Å². The van der Waals surface area contributed by atoms with Crippen molar-refractivity contribution in [3.63, 3.8) is 0 Å². The van der Waals surface area contributed by atoms with Gasteiger partial charge in [-0.25, -0.2) is 19.6 Å². The number of hydrazine groups is 1. The first kappa shape index (κ1) is 48.1. The number of amides is 6. The Morgan fingerprint density at radius 1 is 0.905 bits per heavy atom. The van der Waals surface area contributed by atoms with Crippen molar-refractivity contribution in [1.29, 1.82) is 0 Å². The maximum Gasteiger partial charge on any atom is 0.405 e. The van der Waals surface area contributed by atoms with Gasteiger partial charge in [0.1, 0.15) is 17.1 Å². The minimum absolute atomic E-state index is 0.126. The number of rotatable bonds is 20. The van der Waals surface area contributed by atoms with Crippen molar-refractivity contribution in [3.05, 3.63) is 106 Å². The molecule has 1 saturated heterocycles. The number of carboxylic acid groups (broad SMARTS) is 1. The largest absolute Gasteiger partial charge is 0.465 e. The second-order valence-electron chi connectivity index (χ2n) is 17.2. The number of aromatic nitrogens is 2. The molecule has 63 heavy (non-hydrogen) atoms. The Hall–Kier alpha value is -5.91. The highest BCUT2D eigenvalue weighted by molar-refractivity contribution is 7.09. The van der Waals surface area contributed by atoms with Crippen LogP contribution in [0.1, 0.15) is 82.8 Å². The van der Waals surface area contributed by atoms with Gasteiger partial charge in [-0.3, -0.25) is 24.8 Å². The van der Waals surface area contributed by atoms with E-state index in [0.29, 0.717) is 25.2 Å². The van der Waals surface area contributed by atoms with Crippen LogP contribution in [0.3, 0.4) is 0 Å². The molecule has 0 aliphatic carbocycles. The molecule has 338 valence electrons. The van der Waals surface area contributed by atoms with Gasteiger partial charge < -0.3 is 36.0 Å². The van der Waals surface area contributed by atoms with Crippen LogP contribution in [-0.2, 0) is 33.9 Å². The smallest absolute Gasteiger partial charge is 0.405 e. The SMILES string of the molecule is CC[C@H](C)[C@@H](C(=O)N[C@@H](Cc1ccccc1)[C@@H](O)CN(Cc1ccc(-c2ccccn2)cc1)NC(=O)[C@@H](NC(=O)O)C(C)(C)C)N1CCN(Cc2csc([C@H](C)NC(C)=O)n2)C1=O. The predicted molar refractivity (Wildman–Crippen MR) is 241 cm³/mol. The lowest BCUT2D eigenvalue weighted by Gasteiger charge is -2.36. The Labute approximate surface area is 373 Å². The van der Waals surface area contributed by atoms with E-state index in [4.69, 9.17) is 0 Å². The lowest BCUT2D eigenvalue weighted by atomic mass is 9.86. The molecule has 6 atom stereocenters. The Morgan fingerprint density at radius 2 is 1.60 bits per heavy atom. The summed E-state index contributed by atoms with van der Waals surface area (Å²) in [4.78, 5) is 78.2. The molecular weight excluding hydrogens is 823 g/mol. The number of nitrogens with one attached hydrogen (secondary N) is 4. The van der Waals surface area contributed by atoms with Crippen LogP contribution in [0.15, 0.2) is 84.4 Å². The van der Waals surface area contributed by atoms with Crippen LogP contribution in [0.25, 0.3) is 11.3 Å². The lowest BCUT2D eigenvalue weighted by molar-refractivity contribution is -0.132. The van der Waals surface area contributed by atoms with E-state index in [1.807, 2.05) is 98.9 Å². The molecule has 16 nitrogen and oxygen atoms in total. The summed E-state index contributed by atoms with van der Waals surface area (Å²) in [5.41, 5.74) is 6.07. The van der Waals surface area contributed by atoms with Gasteiger partial charge in [-0.15, -0.1) is 11.3 Å². The molecule has 1 aliphatic heterocycles. The number of aliphatic hydroxyl groups excluding tert-OH is 1. The van der Waals surface area contributed by atoms with Gasteiger partial charge in [0.15, 0.2) is 0 Å². The van der Waals surface area contributed by atoms with Gasteiger partial charge in [0.2, 0.25) is 11.8 Å². The molecule has 0 saturated carbocycles. The van der Waals surface area contributed by atoms with Crippen molar-refractivity contribution >= 4 is 41.2 Å². The van der Waals surface area contributed by atoms with Gasteiger partial charge in [0.05, 0.1) is 36.1 Å². The first-order chi connectivity index (χ1) is 29.9. The molecule has 1 fully saturated rings. The van der Waals surface area contributed by atoms with Crippen molar-refractivity contribution < 1.29 is 34.2 Å². The van der Waals surface area contributed by atoms with Crippen LogP contribution in [0.5, 0.6) is 0 Å². The maximum atomic E-state index is 14.6. The van der Waals surface area contributed by atoms with Crippen LogP contribution in [0.2, 0.25) is 0 Å². The van der Waals surface area contributed by atoms with Crippen molar-refractivity contribution in [2.45, 2.75) is 105 Å². The Balaban J connectivity index is 1.39. The van der Waals surface area contributed by atoms with Crippen LogP contribution in [0, 0.1) is 11.3 Å². The number of thiazole rings is 1. The van der Waals surface area contributed by atoms with Gasteiger partial charge in [-0.2, -0.15) is 0 Å². The molecule has 0 bridgehead atoms. The summed E-state index contributed by atoms with van der Waals surface area (Å²) in [6.07, 6.45) is -0.0683. The third-order valence-corrected chi connectivity index (χ3v) is 12.2. The minimum Gasteiger partial charge on any atom is -0.465 e. The molecule has 17 heteroatoms. The van der Waals surface area contributed by atoms with Gasteiger partial charge in [0.25, 0.3) is 5.91 Å². The monoisotopic (exact) mass is 883 g/mol. The number of benzene rings is 2. The molecule has 2 aromatic carbocycles. The number of nitrogens with zero attached hydrogens (tertiary/aromatic N) is 5. The van der Waals surface area contributed by atoms with Gasteiger partial charge in [-0.05, 0) is 47.9 Å². The maximum absolute atomic E-state index is 14.6. The first-order valence-electron chi connectivity index (χ1n) is 21.3. The summed E-state index contributed by atoms with van der Waals surface area (Å²) in [5.74, 6) is -1.44. The van der Waals surface area contributed by atoms with Crippen molar-refractivity contribution in [1.82, 2.24) is 46.2 Å². The summed E-state index contributed by atoms with van der Waals surface area (Å²) >= 11 is 1.41. The third kappa shape index (κ3) is 13.5. The van der Waals surface area contributed by atoms with Gasteiger partial charge >= 0.3 is 12.1 Å². The van der Waals surface area contributed by atoms with Crippen LogP contribution >= 0.6 is 11.3 Å². The third-order valence-electron chi connectivity index (χ3n) is 11.1. The second-order valence-corrected chi connectivity index (χ2v) is 18.1. The fourth-order valence-electron chi connectivity index (χ4n) is 7.57. The zero-order chi connectivity index (χ0) is 45.8. The summed E-state index contributed by atoms with van der Waals surface area (Å²) in [7, 11) is 0. The predicted octanol–water partition coefficient (Wildman–Crippen LogP) is 5.36. The molecule has 6 amide bonds. The molecule has 6 N–H and O–H groups in total. The van der Waals surface area contributed by atoms with E-state index in [0.717, 1.165) is 27.4 Å². The summed E-state index contributed by atoms with van der Waals surface area (Å²) < 4.78 is 0. The van der Waals surface area contributed by atoms with E-state index in [-0.39, 0.29) is 50.0 Å². The topological polar surface area (TPSA) is 209 Å². The zero-order valence-corrected chi connectivity index (χ0v) is 37.9. The van der Waals surface area contributed by atoms with Crippen LogP contribution < -0.4 is 21.4 Å². The number of carbonyl (C=O) groups excluding carboxylic acids is 4. The molecule has 0 radical (unpaired) electrons. The average Bonchev–Trinajstić information content (AvgIpc) is 3.86. The number of carbonyl (C=O) groups is 5. The lowest BCUT2D eigenvalue weighted by Crippen LogP contribution is -2.60. The molecular formula is C46H61N9O7S. The van der Waals surface area contributed by atoms with Crippen molar-refractivity contribution in [2.24, 2.45) is 11.3 Å². The molecule has 1 aliphatic rings. The highest BCUT2D eigenvalue weighted by Crippen LogP contribution is 2.26. The summed E-state index contributed by atoms with van der Waals surface area (Å²) in [6.45, 7) is 13.3. The minimum atomic E-state index is -1.35. The zero-order valence-electron chi connectivity index (χ0n) is 37.1. The standard InChI is InChI=1S/C46H61N9O7S/c1-8-29(2)39(55-23-22-53(45(55)62)26-35-28-63-43(49-35)30(3)48-31(4)56)41(58)50-37(24-32-14-10-9-11-15-32)38(57)27-54(52-42(59)40(46(5,6)7)51-44(60)61)25-33-17-19-34(20-18-33)36-16-12-13-21-47-36/h9-21,28-30,37-40,51,57H,8,22-27H2,1-7H3,(H,48,56)(H,50,58)(H,52,59)(H,60,61)/t29-,30-,37-,38-,39-,40+/m0/s1. The fraction of sp³-hybridized carbons (Fsp3) is 0.457. The van der Waals surface area contributed by atoms with Crippen LogP contribution in [-0.4, -0.2) is 109 Å². The molecule has 3 heterocycles. The van der Waals surface area contributed by atoms with E-state index >= 15 is 0 Å². The van der Waals surface area contributed by atoms with Crippen LogP contribution in [0.4, 0.5) is 9.59 Å². The molecule has 0 unspecified atom stereocenters. The molecule has 2 aromatic heterocycles. The van der Waals surface area contributed by atoms with Crippen molar-refractivity contribution in [3.8, 4) is 11.3 Å². The van der Waals surface area contributed by atoms with Gasteiger partial charge in [-0.1, -0.05) is 102 Å². The number of hydrogen-bond acceptors (Lipinski definition) is 10. The van der Waals surface area contributed by atoms with Crippen molar-refractivity contribution in [2.75, 3.05) is 19.6 Å². The van der Waals surface area contributed by atoms with E-state index in [2.05, 4.69) is 31.3 Å². The number of aliphatic hydroxyl groups is 1. The highest BCUT2D eigenvalue weighted by atomic mass is 32.1. The fourth-order valence-corrected chi connectivity index (χ4v) is 8.39. The Morgan fingerprint density at radius 3 is 2.22 bits per heavy atom. The molecule has 4 aromatic rings. The van der Waals surface area contributed by atoms with E-state index in [1.54, 1.807) is 36.8 Å². The normalized spacial score (nSPS) is 15.9. The average molecular weight is 884 g/mol. The van der Waals surface area contributed by atoms with E-state index in [1.165, 1.54) is 23.3 Å². The first-order valence-corrected chi connectivity index (χ1v) is 22.2. The Bertz CT molecular complexity index is 2150. The summed E-state index contributed by atoms with van der Waals surface area (Å²) in [5, 5.41) is 34.2. The second kappa shape index (κ2) is 21.9. The van der Waals surface area contributed by atoms with Gasteiger partial charge in [0, 0.05) is 50.2 Å². The number of hydrogen-bond donors (Lipinski definition) is 6. The van der Waals surface area contributed by atoms with E-state index < -0.39 is 47.6 Å². The molecule has 5 rings (SSSR count).